The summed E-state index contributed by atoms with van der Waals surface area (Å²) in [7, 11) is 3.06. The normalized spacial score (nSPS) is 25.7. The molecule has 3 aliphatic rings. The summed E-state index contributed by atoms with van der Waals surface area (Å²) in [5.41, 5.74) is 0.874. The predicted octanol–water partition coefficient (Wildman–Crippen LogP) is 2.99. The fourth-order valence-electron chi connectivity index (χ4n) is 6.40. The van der Waals surface area contributed by atoms with Gasteiger partial charge >= 0.3 is 0 Å². The maximum Gasteiger partial charge on any atom is 0.255 e. The number of aliphatic hydroxyl groups is 3. The third kappa shape index (κ3) is 4.53. The predicted molar refractivity (Wildman–Crippen MR) is 155 cm³/mol. The van der Waals surface area contributed by atoms with Crippen molar-refractivity contribution in [3.8, 4) is 5.75 Å². The van der Waals surface area contributed by atoms with E-state index in [1.54, 1.807) is 0 Å². The molecule has 0 aliphatic heterocycles. The molecule has 7 N–H and O–H groups in total. The van der Waals surface area contributed by atoms with Gasteiger partial charge in [-0.1, -0.05) is 45.7 Å². The highest BCUT2D eigenvalue weighted by Gasteiger charge is 2.63. The summed E-state index contributed by atoms with van der Waals surface area (Å²) in [5.74, 6) is -9.48. The first-order valence-electron chi connectivity index (χ1n) is 13.0. The van der Waals surface area contributed by atoms with Crippen LogP contribution in [0.25, 0.3) is 0 Å². The summed E-state index contributed by atoms with van der Waals surface area (Å²) in [6, 6.07) is 5.77. The minimum Gasteiger partial charge on any atom is -0.510 e. The summed E-state index contributed by atoms with van der Waals surface area (Å²) < 4.78 is 14.3. The van der Waals surface area contributed by atoms with Crippen LogP contribution < -0.4 is 11.1 Å². The van der Waals surface area contributed by atoms with E-state index in [9.17, 15) is 44.0 Å². The molecule has 43 heavy (non-hydrogen) atoms. The lowest BCUT2D eigenvalue weighted by molar-refractivity contribution is -0.148. The number of hydrogen-bond donors (Lipinski definition) is 6. The SMILES string of the molecule is CN(C)[C@@H]1C(O)=C(C(N)=O)C(=O)[C@@]2(O)C(O)=C3C(=O)c4c(cc(Cl)c(NC(=O)C(Br)c5ccccc5F)c4O)CC3CC12. The molecule has 0 heterocycles. The van der Waals surface area contributed by atoms with Crippen molar-refractivity contribution in [2.75, 3.05) is 19.4 Å². The number of fused-ring (bicyclic) bond motifs is 3. The molecule has 0 aromatic heterocycles. The Balaban J connectivity index is 1.59. The number of nitrogens with zero attached hydrogens (tertiary/aromatic N) is 1. The van der Waals surface area contributed by atoms with Crippen molar-refractivity contribution in [1.29, 1.82) is 0 Å². The fraction of sp³-hybridized carbons (Fsp3) is 0.310. The molecular formula is C29H26BrClFN3O8. The van der Waals surface area contributed by atoms with E-state index >= 15 is 0 Å². The summed E-state index contributed by atoms with van der Waals surface area (Å²) in [6.45, 7) is 0. The van der Waals surface area contributed by atoms with Crippen LogP contribution in [0.2, 0.25) is 5.02 Å². The van der Waals surface area contributed by atoms with Crippen LogP contribution in [0.3, 0.4) is 0 Å². The lowest BCUT2D eigenvalue weighted by Crippen LogP contribution is -2.63. The lowest BCUT2D eigenvalue weighted by Gasteiger charge is -2.50. The number of hydrogen-bond acceptors (Lipinski definition) is 9. The minimum atomic E-state index is -2.79. The van der Waals surface area contributed by atoms with Crippen LogP contribution >= 0.6 is 27.5 Å². The number of halogens is 3. The van der Waals surface area contributed by atoms with Gasteiger partial charge in [0.25, 0.3) is 5.91 Å². The van der Waals surface area contributed by atoms with E-state index in [1.165, 1.54) is 49.3 Å². The van der Waals surface area contributed by atoms with Gasteiger partial charge in [-0.05, 0) is 50.6 Å². The van der Waals surface area contributed by atoms with Gasteiger partial charge in [-0.2, -0.15) is 0 Å². The number of primary amides is 1. The van der Waals surface area contributed by atoms with Gasteiger partial charge in [-0.3, -0.25) is 24.1 Å². The number of nitrogens with two attached hydrogens (primary N) is 1. The first-order chi connectivity index (χ1) is 20.1. The second-order valence-corrected chi connectivity index (χ2v) is 12.3. The highest BCUT2D eigenvalue weighted by atomic mass is 79.9. The maximum absolute atomic E-state index is 14.3. The number of alkyl halides is 1. The monoisotopic (exact) mass is 677 g/mol. The van der Waals surface area contributed by atoms with E-state index < -0.39 is 80.3 Å². The quantitative estimate of drug-likeness (QED) is 0.157. The molecule has 3 aliphatic carbocycles. The topological polar surface area (TPSA) is 190 Å². The van der Waals surface area contributed by atoms with Crippen LogP contribution in [0.15, 0.2) is 53.0 Å². The average Bonchev–Trinajstić information content (AvgIpc) is 2.92. The fourth-order valence-corrected chi connectivity index (χ4v) is 7.15. The van der Waals surface area contributed by atoms with Crippen molar-refractivity contribution in [3.05, 3.63) is 80.5 Å². The van der Waals surface area contributed by atoms with E-state index in [-0.39, 0.29) is 45.8 Å². The number of Topliss-reactive ketones (excluding diaryl/α,β-unsaturated/α-hetero) is 2. The zero-order valence-electron chi connectivity index (χ0n) is 22.7. The van der Waals surface area contributed by atoms with Crippen molar-refractivity contribution in [2.45, 2.75) is 29.3 Å². The zero-order valence-corrected chi connectivity index (χ0v) is 25.0. The second kappa shape index (κ2) is 10.7. The molecule has 14 heteroatoms. The number of allylic oxidation sites excluding steroid dienone is 1. The van der Waals surface area contributed by atoms with E-state index in [2.05, 4.69) is 21.2 Å². The number of carbonyl (C=O) groups excluding carboxylic acids is 4. The van der Waals surface area contributed by atoms with E-state index in [1.807, 2.05) is 0 Å². The highest BCUT2D eigenvalue weighted by Crippen LogP contribution is 2.53. The largest absolute Gasteiger partial charge is 0.510 e. The molecule has 2 amide bonds. The first kappa shape index (κ1) is 30.7. The minimum absolute atomic E-state index is 0.0103. The Morgan fingerprint density at radius 3 is 2.47 bits per heavy atom. The van der Waals surface area contributed by atoms with Gasteiger partial charge in [0.05, 0.1) is 16.6 Å². The van der Waals surface area contributed by atoms with Crippen molar-refractivity contribution >= 4 is 56.6 Å². The lowest BCUT2D eigenvalue weighted by atomic mass is 9.58. The van der Waals surface area contributed by atoms with Crippen LogP contribution in [-0.4, -0.2) is 74.4 Å². The number of aliphatic hydroxyl groups excluding tert-OH is 2. The van der Waals surface area contributed by atoms with Crippen LogP contribution in [0.1, 0.15) is 32.7 Å². The summed E-state index contributed by atoms with van der Waals surface area (Å²) >= 11 is 9.54. The molecule has 0 bridgehead atoms. The molecule has 3 unspecified atom stereocenters. The number of phenolic OH excluding ortho intramolecular Hbond substituents is 1. The average molecular weight is 679 g/mol. The van der Waals surface area contributed by atoms with Gasteiger partial charge in [0, 0.05) is 17.1 Å². The van der Waals surface area contributed by atoms with E-state index in [0.29, 0.717) is 0 Å². The number of phenols is 1. The third-order valence-corrected chi connectivity index (χ3v) is 9.53. The van der Waals surface area contributed by atoms with Gasteiger partial charge in [-0.25, -0.2) is 4.39 Å². The molecule has 0 spiro atoms. The number of ketones is 2. The van der Waals surface area contributed by atoms with Gasteiger partial charge in [0.1, 0.15) is 33.4 Å². The summed E-state index contributed by atoms with van der Waals surface area (Å²) in [6.07, 6.45) is -0.0666. The molecule has 2 aromatic carbocycles. The van der Waals surface area contributed by atoms with E-state index in [0.717, 1.165) is 0 Å². The molecule has 0 saturated heterocycles. The number of rotatable bonds is 5. The van der Waals surface area contributed by atoms with Gasteiger partial charge in [0.15, 0.2) is 17.1 Å². The Morgan fingerprint density at radius 2 is 1.86 bits per heavy atom. The third-order valence-electron chi connectivity index (χ3n) is 8.32. The smallest absolute Gasteiger partial charge is 0.255 e. The molecule has 0 saturated carbocycles. The molecule has 0 fully saturated rings. The number of benzene rings is 2. The van der Waals surface area contributed by atoms with E-state index in [4.69, 9.17) is 17.3 Å². The summed E-state index contributed by atoms with van der Waals surface area (Å²) in [5, 5.41) is 47.4. The Labute approximate surface area is 257 Å². The van der Waals surface area contributed by atoms with Crippen LogP contribution in [0, 0.1) is 17.7 Å². The molecule has 2 aromatic rings. The van der Waals surface area contributed by atoms with Gasteiger partial charge in [0.2, 0.25) is 11.7 Å². The van der Waals surface area contributed by atoms with Crippen molar-refractivity contribution in [1.82, 2.24) is 4.90 Å². The van der Waals surface area contributed by atoms with Crippen LogP contribution in [0.5, 0.6) is 5.75 Å². The Bertz CT molecular complexity index is 1690. The molecule has 5 rings (SSSR count). The number of amides is 2. The number of likely N-dealkylation sites (N-methyl/N-ethyl adjacent to an activating group) is 1. The maximum atomic E-state index is 14.3. The van der Waals surface area contributed by atoms with Crippen molar-refractivity contribution < 1.29 is 44.0 Å². The second-order valence-electron chi connectivity index (χ2n) is 11.0. The van der Waals surface area contributed by atoms with Crippen molar-refractivity contribution in [2.24, 2.45) is 17.6 Å². The molecule has 0 radical (unpaired) electrons. The standard InChI is InChI=1S/C29H26BrClFN3O8/c1-35(2)21-13-8-10-7-11-9-14(31)20(34-28(42)19(30)12-5-3-4-6-15(12)32)23(37)16(11)22(36)17(10)25(39)29(13,43)26(40)18(24(21)38)27(33)41/h3-6,9-10,13,19,21,37-39,43H,7-8H2,1-2H3,(H2,33,41)(H,34,42)/t10?,13?,19?,21-,29-/m0/s1. The molecular weight excluding hydrogens is 653 g/mol. The number of carbonyl (C=O) groups is 4. The molecule has 5 atom stereocenters. The Kier molecular flexibility index (Phi) is 7.66. The number of aromatic hydroxyl groups is 1. The van der Waals surface area contributed by atoms with Crippen LogP contribution in [0.4, 0.5) is 10.1 Å². The molecule has 11 nitrogen and oxygen atoms in total. The first-order valence-corrected chi connectivity index (χ1v) is 14.3. The Hall–Kier alpha value is -3.78. The van der Waals surface area contributed by atoms with Crippen LogP contribution in [-0.2, 0) is 20.8 Å². The number of nitrogens with one attached hydrogen (secondary N) is 1. The highest BCUT2D eigenvalue weighted by molar-refractivity contribution is 9.09. The van der Waals surface area contributed by atoms with Gasteiger partial charge < -0.3 is 31.5 Å². The number of anilines is 1. The Morgan fingerprint density at radius 1 is 1.21 bits per heavy atom. The van der Waals surface area contributed by atoms with Gasteiger partial charge in [-0.15, -0.1) is 0 Å². The van der Waals surface area contributed by atoms with Crippen molar-refractivity contribution in [3.63, 3.8) is 0 Å². The molecule has 226 valence electrons. The summed E-state index contributed by atoms with van der Waals surface area (Å²) in [4.78, 5) is 52.6. The zero-order chi connectivity index (χ0) is 31.7.